The fraction of sp³-hybridized carbons (Fsp3) is 0.444. The molecule has 1 saturated heterocycles. The Labute approximate surface area is 159 Å². The number of nitrogens with one attached hydrogen (secondary N) is 1. The minimum atomic E-state index is -3.42. The van der Waals surface area contributed by atoms with Crippen molar-refractivity contribution in [2.75, 3.05) is 37.2 Å². The maximum Gasteiger partial charge on any atom is 0.344 e. The summed E-state index contributed by atoms with van der Waals surface area (Å²) in [5.74, 6) is 0.138. The number of hydrogen-bond acceptors (Lipinski definition) is 5. The van der Waals surface area contributed by atoms with Gasteiger partial charge in [0.05, 0.1) is 6.26 Å². The van der Waals surface area contributed by atoms with Crippen LogP contribution in [0.4, 0.5) is 10.6 Å². The number of carbonyl (C=O) groups is 1. The largest absolute Gasteiger partial charge is 0.344 e. The summed E-state index contributed by atoms with van der Waals surface area (Å²) in [5.41, 5.74) is 3.93. The Bertz CT molecular complexity index is 930. The molecule has 0 spiro atoms. The van der Waals surface area contributed by atoms with E-state index in [-0.39, 0.29) is 11.8 Å². The van der Waals surface area contributed by atoms with Gasteiger partial charge in [-0.1, -0.05) is 18.2 Å². The van der Waals surface area contributed by atoms with E-state index in [9.17, 15) is 13.2 Å². The second-order valence-electron chi connectivity index (χ2n) is 6.92. The average Bonchev–Trinajstić information content (AvgIpc) is 3.05. The summed E-state index contributed by atoms with van der Waals surface area (Å²) in [4.78, 5) is 16.6. The Balaban J connectivity index is 1.57. The zero-order valence-electron chi connectivity index (χ0n) is 15.8. The molecule has 0 aliphatic carbocycles. The van der Waals surface area contributed by atoms with Crippen molar-refractivity contribution in [2.45, 2.75) is 20.4 Å². The number of carbonyl (C=O) groups excluding carboxylic acids is 1. The third kappa shape index (κ3) is 4.86. The van der Waals surface area contributed by atoms with Crippen molar-refractivity contribution in [3.63, 3.8) is 0 Å². The van der Waals surface area contributed by atoms with E-state index in [1.165, 1.54) is 33.6 Å². The van der Waals surface area contributed by atoms with Gasteiger partial charge in [0.25, 0.3) is 0 Å². The number of rotatable bonds is 4. The first-order chi connectivity index (χ1) is 12.7. The number of benzene rings is 1. The lowest BCUT2D eigenvalue weighted by Gasteiger charge is -2.34. The smallest absolute Gasteiger partial charge is 0.320 e. The molecule has 8 nitrogen and oxygen atoms in total. The molecule has 1 fully saturated rings. The molecule has 2 heterocycles. The predicted molar refractivity (Wildman–Crippen MR) is 104 cm³/mol. The Morgan fingerprint density at radius 3 is 2.52 bits per heavy atom. The molecule has 1 aromatic carbocycles. The molecule has 0 bridgehead atoms. The van der Waals surface area contributed by atoms with E-state index >= 15 is 0 Å². The van der Waals surface area contributed by atoms with E-state index in [0.717, 1.165) is 25.9 Å². The fourth-order valence-corrected chi connectivity index (χ4v) is 3.63. The van der Waals surface area contributed by atoms with Gasteiger partial charge in [0, 0.05) is 45.0 Å². The summed E-state index contributed by atoms with van der Waals surface area (Å²) in [6.07, 6.45) is 2.52. The lowest BCUT2D eigenvalue weighted by atomic mass is 10.0. The molecular formula is C18H25N5O3S. The van der Waals surface area contributed by atoms with Crippen LogP contribution in [0.1, 0.15) is 16.7 Å². The van der Waals surface area contributed by atoms with Gasteiger partial charge in [-0.05, 0) is 30.5 Å². The minimum Gasteiger partial charge on any atom is -0.320 e. The van der Waals surface area contributed by atoms with Gasteiger partial charge in [-0.25, -0.2) is 13.2 Å². The van der Waals surface area contributed by atoms with Crippen LogP contribution in [0.15, 0.2) is 30.5 Å². The monoisotopic (exact) mass is 391 g/mol. The van der Waals surface area contributed by atoms with Crippen molar-refractivity contribution in [2.24, 2.45) is 0 Å². The third-order valence-electron chi connectivity index (χ3n) is 4.83. The zero-order valence-corrected chi connectivity index (χ0v) is 16.7. The average molecular weight is 391 g/mol. The summed E-state index contributed by atoms with van der Waals surface area (Å²) in [6.45, 7) is 7.93. The normalized spacial score (nSPS) is 15.7. The van der Waals surface area contributed by atoms with Crippen LogP contribution < -0.4 is 4.72 Å². The summed E-state index contributed by atoms with van der Waals surface area (Å²) in [7, 11) is -3.42. The Morgan fingerprint density at radius 1 is 1.15 bits per heavy atom. The lowest BCUT2D eigenvalue weighted by molar-refractivity contribution is 0.134. The van der Waals surface area contributed by atoms with E-state index < -0.39 is 10.0 Å². The number of amides is 1. The molecule has 0 radical (unpaired) electrons. The van der Waals surface area contributed by atoms with Gasteiger partial charge in [-0.3, -0.25) is 9.62 Å². The first-order valence-corrected chi connectivity index (χ1v) is 10.7. The van der Waals surface area contributed by atoms with Crippen LogP contribution in [0.3, 0.4) is 0 Å². The van der Waals surface area contributed by atoms with Crippen LogP contribution in [-0.4, -0.2) is 66.5 Å². The lowest BCUT2D eigenvalue weighted by Crippen LogP contribution is -2.49. The van der Waals surface area contributed by atoms with E-state index in [1.807, 2.05) is 0 Å². The summed E-state index contributed by atoms with van der Waals surface area (Å²) >= 11 is 0. The zero-order chi connectivity index (χ0) is 19.6. The molecule has 1 amide bonds. The quantitative estimate of drug-likeness (QED) is 0.856. The van der Waals surface area contributed by atoms with Gasteiger partial charge in [0.1, 0.15) is 0 Å². The molecule has 1 aliphatic rings. The maximum atomic E-state index is 12.6. The highest BCUT2D eigenvalue weighted by atomic mass is 32.2. The molecule has 0 saturated carbocycles. The second kappa shape index (κ2) is 7.69. The number of anilines is 1. The summed E-state index contributed by atoms with van der Waals surface area (Å²) in [5, 5.41) is 4.00. The standard InChI is InChI=1S/C18H25N5O3S/c1-14-5-4-6-16(15(14)2)13-21-9-11-22(12-10-21)18(24)23-8-7-17(19-23)20-27(3,25)26/h4-8H,9-13H2,1-3H3,(H,19,20). The molecule has 3 rings (SSSR count). The number of sulfonamides is 1. The summed E-state index contributed by atoms with van der Waals surface area (Å²) in [6, 6.07) is 7.57. The van der Waals surface area contributed by atoms with E-state index in [4.69, 9.17) is 0 Å². The molecule has 146 valence electrons. The van der Waals surface area contributed by atoms with E-state index in [0.29, 0.717) is 13.1 Å². The van der Waals surface area contributed by atoms with Crippen LogP contribution in [0.25, 0.3) is 0 Å². The van der Waals surface area contributed by atoms with Crippen LogP contribution >= 0.6 is 0 Å². The molecule has 1 aromatic heterocycles. The third-order valence-corrected chi connectivity index (χ3v) is 5.41. The number of piperazine rings is 1. The van der Waals surface area contributed by atoms with Gasteiger partial charge < -0.3 is 4.90 Å². The molecule has 1 aliphatic heterocycles. The van der Waals surface area contributed by atoms with Crippen molar-refractivity contribution in [3.8, 4) is 0 Å². The van der Waals surface area contributed by atoms with Crippen LogP contribution in [-0.2, 0) is 16.6 Å². The first-order valence-electron chi connectivity index (χ1n) is 8.83. The summed E-state index contributed by atoms with van der Waals surface area (Å²) < 4.78 is 25.9. The highest BCUT2D eigenvalue weighted by Crippen LogP contribution is 2.16. The minimum absolute atomic E-state index is 0.138. The SMILES string of the molecule is Cc1cccc(CN2CCN(C(=O)n3ccc(NS(C)(=O)=O)n3)CC2)c1C. The second-order valence-corrected chi connectivity index (χ2v) is 8.67. The Morgan fingerprint density at radius 2 is 1.85 bits per heavy atom. The van der Waals surface area contributed by atoms with Gasteiger partial charge in [0.15, 0.2) is 5.82 Å². The highest BCUT2D eigenvalue weighted by molar-refractivity contribution is 7.92. The highest BCUT2D eigenvalue weighted by Gasteiger charge is 2.23. The Hall–Kier alpha value is -2.39. The van der Waals surface area contributed by atoms with Gasteiger partial charge in [-0.15, -0.1) is 5.10 Å². The van der Waals surface area contributed by atoms with Gasteiger partial charge in [0.2, 0.25) is 10.0 Å². The Kier molecular flexibility index (Phi) is 5.52. The number of nitrogens with zero attached hydrogens (tertiary/aromatic N) is 4. The number of aromatic nitrogens is 2. The molecule has 27 heavy (non-hydrogen) atoms. The van der Waals surface area contributed by atoms with Crippen molar-refractivity contribution >= 4 is 21.9 Å². The molecular weight excluding hydrogens is 366 g/mol. The van der Waals surface area contributed by atoms with Crippen molar-refractivity contribution < 1.29 is 13.2 Å². The maximum absolute atomic E-state index is 12.6. The van der Waals surface area contributed by atoms with E-state index in [2.05, 4.69) is 46.8 Å². The molecule has 2 aromatic rings. The van der Waals surface area contributed by atoms with Crippen molar-refractivity contribution in [1.29, 1.82) is 0 Å². The molecule has 0 unspecified atom stereocenters. The van der Waals surface area contributed by atoms with Crippen molar-refractivity contribution in [3.05, 3.63) is 47.2 Å². The molecule has 0 atom stereocenters. The van der Waals surface area contributed by atoms with Crippen LogP contribution in [0, 0.1) is 13.8 Å². The number of hydrogen-bond donors (Lipinski definition) is 1. The first kappa shape index (κ1) is 19.4. The van der Waals surface area contributed by atoms with E-state index in [1.54, 1.807) is 4.90 Å². The van der Waals surface area contributed by atoms with Gasteiger partial charge >= 0.3 is 6.03 Å². The number of aryl methyl sites for hydroxylation is 1. The molecule has 9 heteroatoms. The predicted octanol–water partition coefficient (Wildman–Crippen LogP) is 1.66. The molecule has 1 N–H and O–H groups in total. The van der Waals surface area contributed by atoms with Gasteiger partial charge in [-0.2, -0.15) is 4.68 Å². The van der Waals surface area contributed by atoms with Crippen molar-refractivity contribution in [1.82, 2.24) is 19.6 Å². The fourth-order valence-electron chi connectivity index (χ4n) is 3.14. The topological polar surface area (TPSA) is 87.5 Å². The van der Waals surface area contributed by atoms with Crippen LogP contribution in [0.5, 0.6) is 0 Å². The van der Waals surface area contributed by atoms with Crippen LogP contribution in [0.2, 0.25) is 0 Å².